The predicted octanol–water partition coefficient (Wildman–Crippen LogP) is 5.03. The minimum atomic E-state index is -0.512. The lowest BCUT2D eigenvalue weighted by Gasteiger charge is -2.07. The summed E-state index contributed by atoms with van der Waals surface area (Å²) in [5.41, 5.74) is 8.52. The first kappa shape index (κ1) is 20.2. The summed E-state index contributed by atoms with van der Waals surface area (Å²) in [7, 11) is 1.64. The lowest BCUT2D eigenvalue weighted by molar-refractivity contribution is 0.0615. The fraction of sp³-hybridized carbons (Fsp3) is 0.182. The van der Waals surface area contributed by atoms with Crippen LogP contribution in [-0.2, 0) is 16.1 Å². The van der Waals surface area contributed by atoms with Gasteiger partial charge in [-0.15, -0.1) is 11.3 Å². The molecule has 154 valence electrons. The molecule has 1 aromatic carbocycles. The van der Waals surface area contributed by atoms with Crippen molar-refractivity contribution in [3.63, 3.8) is 0 Å². The maximum absolute atomic E-state index is 14.1. The third-order valence-corrected chi connectivity index (χ3v) is 5.49. The summed E-state index contributed by atoms with van der Waals surface area (Å²) in [6.07, 6.45) is 3.43. The minimum absolute atomic E-state index is 0.114. The van der Waals surface area contributed by atoms with Crippen LogP contribution in [0.5, 0.6) is 11.5 Å². The van der Waals surface area contributed by atoms with Gasteiger partial charge in [0, 0.05) is 37.3 Å². The summed E-state index contributed by atoms with van der Waals surface area (Å²) in [5, 5.41) is 0. The molecule has 0 aliphatic rings. The normalized spacial score (nSPS) is 11.1. The zero-order valence-corrected chi connectivity index (χ0v) is 17.1. The molecule has 0 unspecified atom stereocenters. The molecule has 4 rings (SSSR count). The molecule has 2 N–H and O–H groups in total. The molecule has 6 nitrogen and oxygen atoms in total. The molecular formula is C22H20FN3O3S. The second kappa shape index (κ2) is 9.17. The van der Waals surface area contributed by atoms with Crippen molar-refractivity contribution in [2.75, 3.05) is 26.1 Å². The van der Waals surface area contributed by atoms with E-state index in [0.717, 1.165) is 26.4 Å². The standard InChI is InChI=1S/C22H20FN3O3S/c1-27-8-9-28-13-14-2-4-17(26-12-14)21-11-18-22(30-21)20(6-7-25-18)29-19-5-3-15(24)10-16(19)23/h2-7,10-12H,8-9,13,24H2,1H3. The van der Waals surface area contributed by atoms with Gasteiger partial charge in [0.25, 0.3) is 0 Å². The zero-order chi connectivity index (χ0) is 20.9. The summed E-state index contributed by atoms with van der Waals surface area (Å²) in [6, 6.07) is 11.9. The number of hydrogen-bond acceptors (Lipinski definition) is 7. The predicted molar refractivity (Wildman–Crippen MR) is 115 cm³/mol. The SMILES string of the molecule is COCCOCc1ccc(-c2cc3nccc(Oc4ccc(N)cc4F)c3s2)nc1. The monoisotopic (exact) mass is 425 g/mol. The van der Waals surface area contributed by atoms with E-state index in [4.69, 9.17) is 19.9 Å². The largest absolute Gasteiger partial charge is 0.453 e. The Hall–Kier alpha value is -3.07. The van der Waals surface area contributed by atoms with E-state index < -0.39 is 5.82 Å². The van der Waals surface area contributed by atoms with Gasteiger partial charge in [-0.1, -0.05) is 6.07 Å². The number of anilines is 1. The Morgan fingerprint density at radius 1 is 1.03 bits per heavy atom. The summed E-state index contributed by atoms with van der Waals surface area (Å²) < 4.78 is 31.2. The number of halogens is 1. The average Bonchev–Trinajstić information content (AvgIpc) is 3.19. The van der Waals surface area contributed by atoms with Crippen LogP contribution in [0.25, 0.3) is 20.8 Å². The molecule has 0 fully saturated rings. The Balaban J connectivity index is 1.56. The quantitative estimate of drug-likeness (QED) is 0.315. The number of rotatable bonds is 8. The number of benzene rings is 1. The van der Waals surface area contributed by atoms with E-state index in [1.54, 1.807) is 31.6 Å². The number of ether oxygens (including phenoxy) is 3. The van der Waals surface area contributed by atoms with Crippen LogP contribution < -0.4 is 10.5 Å². The van der Waals surface area contributed by atoms with Crippen molar-refractivity contribution >= 4 is 27.2 Å². The lowest BCUT2D eigenvalue weighted by Crippen LogP contribution is -2.01. The highest BCUT2D eigenvalue weighted by molar-refractivity contribution is 7.22. The number of fused-ring (bicyclic) bond motifs is 1. The van der Waals surface area contributed by atoms with Crippen molar-refractivity contribution in [1.82, 2.24) is 9.97 Å². The molecule has 0 spiro atoms. The third-order valence-electron chi connectivity index (χ3n) is 4.33. The van der Waals surface area contributed by atoms with Crippen LogP contribution in [0.2, 0.25) is 0 Å². The van der Waals surface area contributed by atoms with Gasteiger partial charge < -0.3 is 19.9 Å². The second-order valence-corrected chi connectivity index (χ2v) is 7.58. The van der Waals surface area contributed by atoms with Crippen LogP contribution >= 0.6 is 11.3 Å². The highest BCUT2D eigenvalue weighted by Gasteiger charge is 2.13. The van der Waals surface area contributed by atoms with Gasteiger partial charge in [-0.25, -0.2) is 4.39 Å². The van der Waals surface area contributed by atoms with Crippen LogP contribution in [0, 0.1) is 5.82 Å². The van der Waals surface area contributed by atoms with Gasteiger partial charge in [-0.3, -0.25) is 9.97 Å². The smallest absolute Gasteiger partial charge is 0.167 e. The molecule has 0 saturated heterocycles. The molecule has 8 heteroatoms. The van der Waals surface area contributed by atoms with Crippen molar-refractivity contribution < 1.29 is 18.6 Å². The first-order chi connectivity index (χ1) is 14.6. The number of methoxy groups -OCH3 is 1. The molecule has 30 heavy (non-hydrogen) atoms. The van der Waals surface area contributed by atoms with E-state index >= 15 is 0 Å². The van der Waals surface area contributed by atoms with Crippen molar-refractivity contribution in [3.05, 3.63) is 66.2 Å². The van der Waals surface area contributed by atoms with Crippen molar-refractivity contribution in [1.29, 1.82) is 0 Å². The molecular weight excluding hydrogens is 405 g/mol. The molecule has 0 aliphatic carbocycles. The summed E-state index contributed by atoms with van der Waals surface area (Å²) in [4.78, 5) is 9.88. The molecule has 0 amide bonds. The average molecular weight is 425 g/mol. The van der Waals surface area contributed by atoms with Gasteiger partial charge in [0.2, 0.25) is 0 Å². The minimum Gasteiger partial charge on any atom is -0.453 e. The molecule has 0 atom stereocenters. The third kappa shape index (κ3) is 4.56. The molecule has 3 aromatic heterocycles. The Morgan fingerprint density at radius 2 is 1.93 bits per heavy atom. The molecule has 4 aromatic rings. The molecule has 0 saturated carbocycles. The van der Waals surface area contributed by atoms with Gasteiger partial charge in [0.05, 0.1) is 40.6 Å². The van der Waals surface area contributed by atoms with Crippen LogP contribution in [0.3, 0.4) is 0 Å². The van der Waals surface area contributed by atoms with Crippen LogP contribution in [0.1, 0.15) is 5.56 Å². The number of pyridine rings is 2. The van der Waals surface area contributed by atoms with Crippen molar-refractivity contribution in [3.8, 4) is 22.1 Å². The maximum Gasteiger partial charge on any atom is 0.167 e. The highest BCUT2D eigenvalue weighted by Crippen LogP contribution is 2.39. The number of nitrogen functional groups attached to an aromatic ring is 1. The van der Waals surface area contributed by atoms with Crippen LogP contribution in [0.4, 0.5) is 10.1 Å². The molecule has 0 aliphatic heterocycles. The van der Waals surface area contributed by atoms with E-state index in [0.29, 0.717) is 31.3 Å². The van der Waals surface area contributed by atoms with Crippen LogP contribution in [-0.4, -0.2) is 30.3 Å². The number of thiophene rings is 1. The Morgan fingerprint density at radius 3 is 2.70 bits per heavy atom. The van der Waals surface area contributed by atoms with Gasteiger partial charge in [-0.05, 0) is 29.8 Å². The van der Waals surface area contributed by atoms with E-state index in [-0.39, 0.29) is 5.75 Å². The van der Waals surface area contributed by atoms with Crippen LogP contribution in [0.15, 0.2) is 54.9 Å². The molecule has 0 bridgehead atoms. The maximum atomic E-state index is 14.1. The topological polar surface area (TPSA) is 79.5 Å². The fourth-order valence-corrected chi connectivity index (χ4v) is 3.87. The van der Waals surface area contributed by atoms with Gasteiger partial charge in [0.15, 0.2) is 11.6 Å². The molecule has 0 radical (unpaired) electrons. The second-order valence-electron chi connectivity index (χ2n) is 6.52. The Kier molecular flexibility index (Phi) is 6.18. The Bertz CT molecular complexity index is 1150. The molecule has 3 heterocycles. The first-order valence-electron chi connectivity index (χ1n) is 9.27. The van der Waals surface area contributed by atoms with Gasteiger partial charge in [0.1, 0.15) is 5.75 Å². The lowest BCUT2D eigenvalue weighted by atomic mass is 10.2. The zero-order valence-electron chi connectivity index (χ0n) is 16.3. The number of hydrogen-bond donors (Lipinski definition) is 1. The number of nitrogens with zero attached hydrogens (tertiary/aromatic N) is 2. The number of aromatic nitrogens is 2. The van der Waals surface area contributed by atoms with Crippen molar-refractivity contribution in [2.45, 2.75) is 6.61 Å². The van der Waals surface area contributed by atoms with E-state index in [2.05, 4.69) is 9.97 Å². The summed E-state index contributed by atoms with van der Waals surface area (Å²) in [5.74, 6) is 0.132. The first-order valence-corrected chi connectivity index (χ1v) is 10.1. The van der Waals surface area contributed by atoms with Gasteiger partial charge >= 0.3 is 0 Å². The van der Waals surface area contributed by atoms with E-state index in [9.17, 15) is 4.39 Å². The van der Waals surface area contributed by atoms with E-state index in [1.807, 2.05) is 18.2 Å². The summed E-state index contributed by atoms with van der Waals surface area (Å²) >= 11 is 1.49. The number of nitrogens with two attached hydrogens (primary N) is 1. The van der Waals surface area contributed by atoms with Gasteiger partial charge in [-0.2, -0.15) is 0 Å². The fourth-order valence-electron chi connectivity index (χ4n) is 2.83. The van der Waals surface area contributed by atoms with E-state index in [1.165, 1.54) is 23.5 Å². The highest BCUT2D eigenvalue weighted by atomic mass is 32.1. The summed E-state index contributed by atoms with van der Waals surface area (Å²) in [6.45, 7) is 1.58. The van der Waals surface area contributed by atoms with Crippen molar-refractivity contribution in [2.24, 2.45) is 0 Å². The Labute approximate surface area is 177 Å².